The van der Waals surface area contributed by atoms with Gasteiger partial charge < -0.3 is 10.6 Å². The van der Waals surface area contributed by atoms with Crippen LogP contribution in [0.4, 0.5) is 11.4 Å². The number of hydrogen-bond acceptors (Lipinski definition) is 4. The molecular weight excluding hydrogens is 266 g/mol. The van der Waals surface area contributed by atoms with Gasteiger partial charge in [-0.1, -0.05) is 30.3 Å². The summed E-state index contributed by atoms with van der Waals surface area (Å²) in [4.78, 5) is 12.7. The molecule has 1 unspecified atom stereocenters. The third kappa shape index (κ3) is 2.87. The van der Waals surface area contributed by atoms with Crippen molar-refractivity contribution in [2.24, 2.45) is 5.73 Å². The topological polar surface area (TPSA) is 72.4 Å². The Hall–Kier alpha value is -2.40. The zero-order valence-corrected chi connectivity index (χ0v) is 11.6. The fourth-order valence-electron chi connectivity index (χ4n) is 2.86. The van der Waals surface area contributed by atoms with Crippen molar-refractivity contribution in [2.45, 2.75) is 19.0 Å². The molecule has 0 bridgehead atoms. The average molecular weight is 283 g/mol. The zero-order chi connectivity index (χ0) is 14.8. The predicted molar refractivity (Wildman–Crippen MR) is 82.3 cm³/mol. The second-order valence-electron chi connectivity index (χ2n) is 5.40. The van der Waals surface area contributed by atoms with E-state index in [1.54, 1.807) is 12.1 Å². The standard InChI is InChI=1S/C16H17N3O2/c17-14-9-13-5-1-2-7-16(13)18(11-14)10-12-4-3-6-15(8-12)19(20)21/h1-8,14H,9-11,17H2. The summed E-state index contributed by atoms with van der Waals surface area (Å²) in [5.74, 6) is 0. The Balaban J connectivity index is 1.88. The Kier molecular flexibility index (Phi) is 3.58. The van der Waals surface area contributed by atoms with Crippen molar-refractivity contribution >= 4 is 11.4 Å². The summed E-state index contributed by atoms with van der Waals surface area (Å²) in [6.07, 6.45) is 0.877. The first-order valence-corrected chi connectivity index (χ1v) is 6.95. The van der Waals surface area contributed by atoms with E-state index in [1.165, 1.54) is 17.3 Å². The summed E-state index contributed by atoms with van der Waals surface area (Å²) in [5.41, 5.74) is 9.58. The fourth-order valence-corrected chi connectivity index (χ4v) is 2.86. The first-order valence-electron chi connectivity index (χ1n) is 6.95. The summed E-state index contributed by atoms with van der Waals surface area (Å²) in [6.45, 7) is 1.39. The largest absolute Gasteiger partial charge is 0.365 e. The number of nitrogens with zero attached hydrogens (tertiary/aromatic N) is 2. The zero-order valence-electron chi connectivity index (χ0n) is 11.6. The fraction of sp³-hybridized carbons (Fsp3) is 0.250. The van der Waals surface area contributed by atoms with Crippen LogP contribution in [0.5, 0.6) is 0 Å². The van der Waals surface area contributed by atoms with E-state index in [2.05, 4.69) is 17.0 Å². The number of rotatable bonds is 3. The van der Waals surface area contributed by atoms with E-state index in [-0.39, 0.29) is 16.7 Å². The van der Waals surface area contributed by atoms with Crippen LogP contribution in [-0.2, 0) is 13.0 Å². The summed E-state index contributed by atoms with van der Waals surface area (Å²) in [7, 11) is 0. The van der Waals surface area contributed by atoms with E-state index in [0.29, 0.717) is 6.54 Å². The van der Waals surface area contributed by atoms with Gasteiger partial charge in [0.25, 0.3) is 5.69 Å². The molecule has 0 spiro atoms. The van der Waals surface area contributed by atoms with Crippen molar-refractivity contribution in [2.75, 3.05) is 11.4 Å². The summed E-state index contributed by atoms with van der Waals surface area (Å²) >= 11 is 0. The smallest absolute Gasteiger partial charge is 0.269 e. The molecule has 5 heteroatoms. The maximum atomic E-state index is 10.9. The molecule has 1 aliphatic rings. The van der Waals surface area contributed by atoms with Gasteiger partial charge in [0.15, 0.2) is 0 Å². The van der Waals surface area contributed by atoms with E-state index in [9.17, 15) is 10.1 Å². The van der Waals surface area contributed by atoms with Gasteiger partial charge >= 0.3 is 0 Å². The number of para-hydroxylation sites is 1. The van der Waals surface area contributed by atoms with E-state index >= 15 is 0 Å². The minimum absolute atomic E-state index is 0.0959. The molecule has 5 nitrogen and oxygen atoms in total. The van der Waals surface area contributed by atoms with Gasteiger partial charge in [0, 0.05) is 37.0 Å². The first kappa shape index (κ1) is 13.6. The van der Waals surface area contributed by atoms with Gasteiger partial charge in [0.2, 0.25) is 0 Å². The molecule has 0 fully saturated rings. The van der Waals surface area contributed by atoms with Gasteiger partial charge in [-0.2, -0.15) is 0 Å². The quantitative estimate of drug-likeness (QED) is 0.694. The number of hydrogen-bond donors (Lipinski definition) is 1. The van der Waals surface area contributed by atoms with Crippen LogP contribution in [0.25, 0.3) is 0 Å². The minimum Gasteiger partial charge on any atom is -0.365 e. The molecule has 1 atom stereocenters. The van der Waals surface area contributed by atoms with Crippen LogP contribution in [0.3, 0.4) is 0 Å². The molecule has 3 rings (SSSR count). The minimum atomic E-state index is -0.362. The Bertz CT molecular complexity index is 672. The molecule has 0 saturated carbocycles. The van der Waals surface area contributed by atoms with Crippen LogP contribution in [0, 0.1) is 10.1 Å². The number of anilines is 1. The maximum Gasteiger partial charge on any atom is 0.269 e. The molecule has 0 aliphatic carbocycles. The molecule has 2 N–H and O–H groups in total. The Morgan fingerprint density at radius 2 is 2.05 bits per heavy atom. The van der Waals surface area contributed by atoms with Crippen LogP contribution >= 0.6 is 0 Å². The van der Waals surface area contributed by atoms with E-state index in [0.717, 1.165) is 18.5 Å². The Morgan fingerprint density at radius 1 is 1.24 bits per heavy atom. The molecule has 0 radical (unpaired) electrons. The number of nitro benzene ring substituents is 1. The monoisotopic (exact) mass is 283 g/mol. The highest BCUT2D eigenvalue weighted by Gasteiger charge is 2.22. The number of nitro groups is 1. The van der Waals surface area contributed by atoms with Crippen LogP contribution in [-0.4, -0.2) is 17.5 Å². The molecule has 2 aromatic rings. The number of benzene rings is 2. The SMILES string of the molecule is NC1Cc2ccccc2N(Cc2cccc([N+](=O)[O-])c2)C1. The van der Waals surface area contributed by atoms with E-state index < -0.39 is 0 Å². The van der Waals surface area contributed by atoms with Gasteiger partial charge in [0.05, 0.1) is 4.92 Å². The second kappa shape index (κ2) is 5.54. The van der Waals surface area contributed by atoms with Crippen molar-refractivity contribution in [3.05, 3.63) is 69.8 Å². The van der Waals surface area contributed by atoms with Crippen molar-refractivity contribution in [1.82, 2.24) is 0 Å². The lowest BCUT2D eigenvalue weighted by Crippen LogP contribution is -2.42. The van der Waals surface area contributed by atoms with Crippen molar-refractivity contribution in [1.29, 1.82) is 0 Å². The van der Waals surface area contributed by atoms with E-state index in [4.69, 9.17) is 5.73 Å². The van der Waals surface area contributed by atoms with Crippen LogP contribution in [0.2, 0.25) is 0 Å². The van der Waals surface area contributed by atoms with Crippen LogP contribution in [0.1, 0.15) is 11.1 Å². The van der Waals surface area contributed by atoms with Gasteiger partial charge in [-0.25, -0.2) is 0 Å². The molecule has 108 valence electrons. The van der Waals surface area contributed by atoms with E-state index in [1.807, 2.05) is 18.2 Å². The number of non-ortho nitro benzene ring substituents is 1. The molecular formula is C16H17N3O2. The molecule has 0 aromatic heterocycles. The molecule has 1 heterocycles. The average Bonchev–Trinajstić information content (AvgIpc) is 2.47. The van der Waals surface area contributed by atoms with Crippen LogP contribution < -0.4 is 10.6 Å². The van der Waals surface area contributed by atoms with Crippen LogP contribution in [0.15, 0.2) is 48.5 Å². The first-order chi connectivity index (χ1) is 10.1. The summed E-state index contributed by atoms with van der Waals surface area (Å²) < 4.78 is 0. The number of fused-ring (bicyclic) bond motifs is 1. The lowest BCUT2D eigenvalue weighted by molar-refractivity contribution is -0.384. The van der Waals surface area contributed by atoms with Gasteiger partial charge in [-0.05, 0) is 23.6 Å². The third-order valence-electron chi connectivity index (χ3n) is 3.76. The third-order valence-corrected chi connectivity index (χ3v) is 3.76. The lowest BCUT2D eigenvalue weighted by atomic mass is 9.98. The molecule has 2 aromatic carbocycles. The Labute approximate surface area is 123 Å². The van der Waals surface area contributed by atoms with Crippen molar-refractivity contribution in [3.8, 4) is 0 Å². The summed E-state index contributed by atoms with van der Waals surface area (Å²) in [6, 6.07) is 15.1. The highest BCUT2D eigenvalue weighted by atomic mass is 16.6. The molecule has 0 saturated heterocycles. The van der Waals surface area contributed by atoms with Crippen molar-refractivity contribution in [3.63, 3.8) is 0 Å². The highest BCUT2D eigenvalue weighted by Crippen LogP contribution is 2.28. The predicted octanol–water partition coefficient (Wildman–Crippen LogP) is 2.48. The lowest BCUT2D eigenvalue weighted by Gasteiger charge is -2.34. The second-order valence-corrected chi connectivity index (χ2v) is 5.40. The van der Waals surface area contributed by atoms with Gasteiger partial charge in [-0.3, -0.25) is 10.1 Å². The molecule has 1 aliphatic heterocycles. The normalized spacial score (nSPS) is 17.4. The maximum absolute atomic E-state index is 10.9. The molecule has 21 heavy (non-hydrogen) atoms. The van der Waals surface area contributed by atoms with Crippen molar-refractivity contribution < 1.29 is 4.92 Å². The summed E-state index contributed by atoms with van der Waals surface area (Å²) in [5, 5.41) is 10.9. The molecule has 0 amide bonds. The van der Waals surface area contributed by atoms with Gasteiger partial charge in [0.1, 0.15) is 0 Å². The number of nitrogens with two attached hydrogens (primary N) is 1. The highest BCUT2D eigenvalue weighted by molar-refractivity contribution is 5.56. The Morgan fingerprint density at radius 3 is 2.86 bits per heavy atom. The van der Waals surface area contributed by atoms with Gasteiger partial charge in [-0.15, -0.1) is 0 Å².